The summed E-state index contributed by atoms with van der Waals surface area (Å²) in [5, 5.41) is 0. The van der Waals surface area contributed by atoms with Crippen LogP contribution in [0.2, 0.25) is 0 Å². The smallest absolute Gasteiger partial charge is 0.462 e. The Bertz CT molecular complexity index is 1260. The Morgan fingerprint density at radius 2 is 1.20 bits per heavy atom. The van der Waals surface area contributed by atoms with E-state index >= 15 is 0 Å². The first-order chi connectivity index (χ1) is 23.8. The molecule has 0 saturated heterocycles. The Labute approximate surface area is 293 Å². The number of carbonyl (C=O) groups is 2. The van der Waals surface area contributed by atoms with Gasteiger partial charge in [0.25, 0.3) is 0 Å². The number of benzene rings is 2. The summed E-state index contributed by atoms with van der Waals surface area (Å²) >= 11 is 0. The highest BCUT2D eigenvalue weighted by atomic mass is 31.2. The highest BCUT2D eigenvalue weighted by Gasteiger charge is 2.22. The second-order valence-corrected chi connectivity index (χ2v) is 13.5. The summed E-state index contributed by atoms with van der Waals surface area (Å²) in [7, 11) is -4.79. The van der Waals surface area contributed by atoms with Crippen molar-refractivity contribution in [1.82, 2.24) is 0 Å². The molecule has 0 spiro atoms. The Morgan fingerprint density at radius 1 is 0.673 bits per heavy atom. The van der Waals surface area contributed by atoms with E-state index in [4.69, 9.17) is 19.3 Å². The minimum Gasteiger partial charge on any atom is -0.462 e. The molecule has 0 radical (unpaired) electrons. The summed E-state index contributed by atoms with van der Waals surface area (Å²) < 4.78 is 26.3. The zero-order valence-corrected chi connectivity index (χ0v) is 30.2. The SMILES string of the molecule is CCCCCCCCCCCCCCCC(=O)OC[C@H](COP(=O)(O)O)OC(=O)CCC=CC=CC=C(c1ccccc1)c1ccccc1. The van der Waals surface area contributed by atoms with Gasteiger partial charge in [-0.2, -0.15) is 0 Å². The molecule has 1 atom stereocenters. The standard InChI is InChI=1S/C40H57O8P/c1-2-3-4-5-6-7-8-9-10-11-12-15-24-31-39(41)46-33-37(34-47-49(43,44)45)48-40(42)32-25-16-13-14-23-30-38(35-26-19-17-20-27-35)36-28-21-18-22-29-36/h13-14,16-23,26-30,37H,2-12,15,24-25,31-34H2,1H3,(H2,43,44,45)/t37-/m1/s1. The Kier molecular flexibility index (Phi) is 22.7. The third-order valence-electron chi connectivity index (χ3n) is 7.95. The molecule has 270 valence electrons. The van der Waals surface area contributed by atoms with Gasteiger partial charge in [0, 0.05) is 12.8 Å². The monoisotopic (exact) mass is 696 g/mol. The van der Waals surface area contributed by atoms with E-state index in [1.165, 1.54) is 57.8 Å². The fourth-order valence-corrected chi connectivity index (χ4v) is 5.63. The second kappa shape index (κ2) is 26.6. The number of unbranched alkanes of at least 4 members (excludes halogenated alkanes) is 12. The molecule has 0 aromatic heterocycles. The van der Waals surface area contributed by atoms with Gasteiger partial charge in [-0.3, -0.25) is 14.1 Å². The average Bonchev–Trinajstić information content (AvgIpc) is 3.09. The zero-order valence-electron chi connectivity index (χ0n) is 29.3. The number of hydrogen-bond donors (Lipinski definition) is 2. The van der Waals surface area contributed by atoms with E-state index in [-0.39, 0.29) is 19.4 Å². The third-order valence-corrected chi connectivity index (χ3v) is 8.43. The number of rotatable bonds is 27. The molecule has 0 unspecified atom stereocenters. The van der Waals surface area contributed by atoms with E-state index in [9.17, 15) is 14.2 Å². The van der Waals surface area contributed by atoms with Crippen molar-refractivity contribution >= 4 is 25.3 Å². The van der Waals surface area contributed by atoms with E-state index < -0.39 is 32.5 Å². The van der Waals surface area contributed by atoms with Crippen molar-refractivity contribution in [2.24, 2.45) is 0 Å². The zero-order chi connectivity index (χ0) is 35.4. The lowest BCUT2D eigenvalue weighted by molar-refractivity contribution is -0.161. The molecule has 2 aromatic carbocycles. The first kappa shape index (κ1) is 41.9. The van der Waals surface area contributed by atoms with E-state index in [1.807, 2.05) is 66.8 Å². The van der Waals surface area contributed by atoms with Crippen molar-refractivity contribution in [2.75, 3.05) is 13.2 Å². The summed E-state index contributed by atoms with van der Waals surface area (Å²) in [6.45, 7) is 1.32. The molecule has 0 fully saturated rings. The number of phosphoric ester groups is 1. The molecule has 0 saturated carbocycles. The molecule has 0 aliphatic heterocycles. The summed E-state index contributed by atoms with van der Waals surface area (Å²) in [6.07, 6.45) is 24.7. The molecular formula is C40H57O8P. The van der Waals surface area contributed by atoms with E-state index in [0.717, 1.165) is 36.0 Å². The van der Waals surface area contributed by atoms with Gasteiger partial charge in [0.2, 0.25) is 0 Å². The van der Waals surface area contributed by atoms with Crippen LogP contribution in [0.25, 0.3) is 5.57 Å². The van der Waals surface area contributed by atoms with Gasteiger partial charge in [-0.05, 0) is 29.5 Å². The molecule has 0 aliphatic rings. The summed E-state index contributed by atoms with van der Waals surface area (Å²) in [4.78, 5) is 42.9. The van der Waals surface area contributed by atoms with Gasteiger partial charge in [-0.15, -0.1) is 0 Å². The molecule has 2 rings (SSSR count). The summed E-state index contributed by atoms with van der Waals surface area (Å²) in [6, 6.07) is 20.2. The number of carbonyl (C=O) groups excluding carboxylic acids is 2. The lowest BCUT2D eigenvalue weighted by Gasteiger charge is -2.18. The van der Waals surface area contributed by atoms with Crippen molar-refractivity contribution in [2.45, 2.75) is 116 Å². The van der Waals surface area contributed by atoms with Crippen LogP contribution in [0.15, 0.2) is 91.0 Å². The highest BCUT2D eigenvalue weighted by Crippen LogP contribution is 2.36. The Morgan fingerprint density at radius 3 is 1.73 bits per heavy atom. The summed E-state index contributed by atoms with van der Waals surface area (Å²) in [5.41, 5.74) is 3.29. The number of esters is 2. The molecule has 0 amide bonds. The van der Waals surface area contributed by atoms with Crippen LogP contribution in [0.1, 0.15) is 121 Å². The predicted octanol–water partition coefficient (Wildman–Crippen LogP) is 10.1. The number of hydrogen-bond acceptors (Lipinski definition) is 6. The maximum absolute atomic E-state index is 12.4. The van der Waals surface area contributed by atoms with Crippen LogP contribution in [-0.2, 0) is 28.2 Å². The third kappa shape index (κ3) is 22.1. The van der Waals surface area contributed by atoms with Crippen LogP contribution < -0.4 is 0 Å². The van der Waals surface area contributed by atoms with Crippen LogP contribution in [-0.4, -0.2) is 41.0 Å². The van der Waals surface area contributed by atoms with Crippen molar-refractivity contribution in [3.63, 3.8) is 0 Å². The highest BCUT2D eigenvalue weighted by molar-refractivity contribution is 7.46. The topological polar surface area (TPSA) is 119 Å². The molecule has 0 aliphatic carbocycles. The lowest BCUT2D eigenvalue weighted by Crippen LogP contribution is -2.29. The van der Waals surface area contributed by atoms with Gasteiger partial charge in [-0.25, -0.2) is 4.57 Å². The molecule has 8 nitrogen and oxygen atoms in total. The Balaban J connectivity index is 1.68. The lowest BCUT2D eigenvalue weighted by atomic mass is 9.97. The first-order valence-electron chi connectivity index (χ1n) is 18.0. The second-order valence-electron chi connectivity index (χ2n) is 12.2. The molecule has 2 aromatic rings. The van der Waals surface area contributed by atoms with Crippen LogP contribution in [0.5, 0.6) is 0 Å². The van der Waals surface area contributed by atoms with Gasteiger partial charge in [0.05, 0.1) is 6.61 Å². The summed E-state index contributed by atoms with van der Waals surface area (Å²) in [5.74, 6) is -1.03. The fourth-order valence-electron chi connectivity index (χ4n) is 5.27. The average molecular weight is 697 g/mol. The van der Waals surface area contributed by atoms with E-state index in [1.54, 1.807) is 0 Å². The minimum atomic E-state index is -4.79. The van der Waals surface area contributed by atoms with Crippen molar-refractivity contribution in [1.29, 1.82) is 0 Å². The quantitative estimate of drug-likeness (QED) is 0.0410. The molecular weight excluding hydrogens is 639 g/mol. The largest absolute Gasteiger partial charge is 0.469 e. The van der Waals surface area contributed by atoms with E-state index in [0.29, 0.717) is 12.8 Å². The normalized spacial score (nSPS) is 12.3. The van der Waals surface area contributed by atoms with Crippen molar-refractivity contribution < 1.29 is 37.9 Å². The maximum Gasteiger partial charge on any atom is 0.469 e. The van der Waals surface area contributed by atoms with Crippen molar-refractivity contribution in [3.8, 4) is 0 Å². The van der Waals surface area contributed by atoms with Crippen molar-refractivity contribution in [3.05, 3.63) is 102 Å². The molecule has 0 heterocycles. The maximum atomic E-state index is 12.4. The van der Waals surface area contributed by atoms with Gasteiger partial charge < -0.3 is 19.3 Å². The molecule has 9 heteroatoms. The van der Waals surface area contributed by atoms with Gasteiger partial charge in [-0.1, -0.05) is 175 Å². The van der Waals surface area contributed by atoms with Gasteiger partial charge in [0.1, 0.15) is 6.61 Å². The predicted molar refractivity (Wildman–Crippen MR) is 197 cm³/mol. The van der Waals surface area contributed by atoms with E-state index in [2.05, 4.69) is 35.7 Å². The van der Waals surface area contributed by atoms with Crippen LogP contribution in [0.4, 0.5) is 0 Å². The number of allylic oxidation sites excluding steroid dienone is 5. The number of phosphoric acid groups is 1. The van der Waals surface area contributed by atoms with Crippen LogP contribution in [0, 0.1) is 0 Å². The van der Waals surface area contributed by atoms with Crippen LogP contribution >= 0.6 is 7.82 Å². The van der Waals surface area contributed by atoms with Gasteiger partial charge in [0.15, 0.2) is 6.10 Å². The fraction of sp³-hybridized carbons (Fsp3) is 0.500. The number of ether oxygens (including phenoxy) is 2. The Hall–Kier alpha value is -3.29. The molecule has 49 heavy (non-hydrogen) atoms. The molecule has 2 N–H and O–H groups in total. The van der Waals surface area contributed by atoms with Crippen LogP contribution in [0.3, 0.4) is 0 Å². The van der Waals surface area contributed by atoms with Gasteiger partial charge >= 0.3 is 19.8 Å². The first-order valence-corrected chi connectivity index (χ1v) is 19.5. The minimum absolute atomic E-state index is 0.0405. The molecule has 0 bridgehead atoms.